The van der Waals surface area contributed by atoms with Crippen LogP contribution in [0.2, 0.25) is 0 Å². The van der Waals surface area contributed by atoms with E-state index in [1.165, 1.54) is 13.2 Å². The van der Waals surface area contributed by atoms with E-state index in [-0.39, 0.29) is 5.69 Å². The lowest BCUT2D eigenvalue weighted by Gasteiger charge is -2.07. The molecule has 0 radical (unpaired) electrons. The minimum Gasteiger partial charge on any atom is -0.496 e. The Kier molecular flexibility index (Phi) is 3.27. The Morgan fingerprint density at radius 3 is 2.86 bits per heavy atom. The zero-order valence-electron chi connectivity index (χ0n) is 11.4. The maximum Gasteiger partial charge on any atom is 0.273 e. The first kappa shape index (κ1) is 13.1. The molecule has 0 amide bonds. The van der Waals surface area contributed by atoms with Crippen LogP contribution in [0.25, 0.3) is 11.0 Å². The fraction of sp³-hybridized carbons (Fsp3) is 0.133. The molecule has 0 aliphatic rings. The molecular weight excluding hydrogens is 270 g/mol. The summed E-state index contributed by atoms with van der Waals surface area (Å²) in [5, 5.41) is 11.0. The summed E-state index contributed by atoms with van der Waals surface area (Å²) in [5.74, 6) is 0.476. The monoisotopic (exact) mass is 283 g/mol. The lowest BCUT2D eigenvalue weighted by molar-refractivity contribution is -0.385. The first-order chi connectivity index (χ1) is 10.2. The van der Waals surface area contributed by atoms with Gasteiger partial charge in [-0.05, 0) is 23.8 Å². The van der Waals surface area contributed by atoms with E-state index in [1.807, 2.05) is 28.8 Å². The lowest BCUT2D eigenvalue weighted by Crippen LogP contribution is -2.00. The van der Waals surface area contributed by atoms with E-state index in [1.54, 1.807) is 18.5 Å². The summed E-state index contributed by atoms with van der Waals surface area (Å²) in [6, 6.07) is 12.5. The fourth-order valence-corrected chi connectivity index (χ4v) is 2.29. The number of nitro groups is 1. The zero-order chi connectivity index (χ0) is 14.8. The number of rotatable bonds is 4. The zero-order valence-corrected chi connectivity index (χ0v) is 11.4. The largest absolute Gasteiger partial charge is 0.496 e. The molecule has 0 spiro atoms. The number of hydrogen-bond donors (Lipinski definition) is 0. The molecule has 3 rings (SSSR count). The molecule has 1 aromatic heterocycles. The van der Waals surface area contributed by atoms with Gasteiger partial charge in [-0.2, -0.15) is 0 Å². The molecule has 106 valence electrons. The number of benzene rings is 2. The highest BCUT2D eigenvalue weighted by molar-refractivity contribution is 5.75. The van der Waals surface area contributed by atoms with Gasteiger partial charge in [0.2, 0.25) is 0 Å². The molecule has 0 saturated heterocycles. The maximum atomic E-state index is 11.0. The molecule has 2 aromatic carbocycles. The van der Waals surface area contributed by atoms with Crippen molar-refractivity contribution in [1.82, 2.24) is 9.55 Å². The van der Waals surface area contributed by atoms with Crippen LogP contribution in [0, 0.1) is 10.1 Å². The lowest BCUT2D eigenvalue weighted by atomic mass is 10.2. The average molecular weight is 283 g/mol. The number of nitro benzene ring substituents is 1. The van der Waals surface area contributed by atoms with Crippen LogP contribution in [0.3, 0.4) is 0 Å². The van der Waals surface area contributed by atoms with E-state index in [4.69, 9.17) is 4.74 Å². The Balaban J connectivity index is 2.01. The van der Waals surface area contributed by atoms with Crippen LogP contribution in [0.15, 0.2) is 48.8 Å². The summed E-state index contributed by atoms with van der Waals surface area (Å²) in [6.45, 7) is 0.499. The van der Waals surface area contributed by atoms with Crippen LogP contribution < -0.4 is 4.74 Å². The van der Waals surface area contributed by atoms with Crippen molar-refractivity contribution in [2.45, 2.75) is 6.54 Å². The van der Waals surface area contributed by atoms with E-state index in [0.717, 1.165) is 16.6 Å². The number of hydrogen-bond acceptors (Lipinski definition) is 4. The van der Waals surface area contributed by atoms with Crippen molar-refractivity contribution in [2.75, 3.05) is 7.11 Å². The number of aromatic nitrogens is 2. The molecule has 0 unspecified atom stereocenters. The van der Waals surface area contributed by atoms with Crippen molar-refractivity contribution in [3.8, 4) is 5.75 Å². The summed E-state index contributed by atoms with van der Waals surface area (Å²) in [7, 11) is 1.50. The van der Waals surface area contributed by atoms with Gasteiger partial charge < -0.3 is 9.30 Å². The number of non-ortho nitro benzene ring substituents is 1. The van der Waals surface area contributed by atoms with Crippen molar-refractivity contribution < 1.29 is 9.66 Å². The number of para-hydroxylation sites is 2. The molecule has 6 nitrogen and oxygen atoms in total. The van der Waals surface area contributed by atoms with Crippen molar-refractivity contribution >= 4 is 16.7 Å². The van der Waals surface area contributed by atoms with Gasteiger partial charge in [-0.15, -0.1) is 0 Å². The average Bonchev–Trinajstić information content (AvgIpc) is 2.90. The third-order valence-corrected chi connectivity index (χ3v) is 3.28. The third kappa shape index (κ3) is 2.55. The summed E-state index contributed by atoms with van der Waals surface area (Å²) < 4.78 is 7.08. The number of methoxy groups -OCH3 is 1. The van der Waals surface area contributed by atoms with Gasteiger partial charge in [-0.3, -0.25) is 10.1 Å². The van der Waals surface area contributed by atoms with Crippen LogP contribution >= 0.6 is 0 Å². The SMILES string of the molecule is COc1cc(Cn2cnc3ccccc32)cc([N+](=O)[O-])c1. The van der Waals surface area contributed by atoms with E-state index in [0.29, 0.717) is 12.3 Å². The second kappa shape index (κ2) is 5.24. The molecule has 0 N–H and O–H groups in total. The van der Waals surface area contributed by atoms with Gasteiger partial charge in [0.15, 0.2) is 0 Å². The maximum absolute atomic E-state index is 11.0. The number of imidazole rings is 1. The van der Waals surface area contributed by atoms with Gasteiger partial charge in [0.25, 0.3) is 5.69 Å². The van der Waals surface area contributed by atoms with Gasteiger partial charge in [0.05, 0.1) is 35.5 Å². The smallest absolute Gasteiger partial charge is 0.273 e. The summed E-state index contributed by atoms with van der Waals surface area (Å²) in [4.78, 5) is 14.9. The first-order valence-electron chi connectivity index (χ1n) is 6.39. The molecule has 6 heteroatoms. The summed E-state index contributed by atoms with van der Waals surface area (Å²) in [5.41, 5.74) is 2.70. The van der Waals surface area contributed by atoms with E-state index >= 15 is 0 Å². The Labute approximate surface area is 120 Å². The summed E-state index contributed by atoms with van der Waals surface area (Å²) >= 11 is 0. The second-order valence-corrected chi connectivity index (χ2v) is 4.66. The second-order valence-electron chi connectivity index (χ2n) is 4.66. The normalized spacial score (nSPS) is 10.7. The van der Waals surface area contributed by atoms with Crippen LogP contribution in [-0.4, -0.2) is 21.6 Å². The van der Waals surface area contributed by atoms with Gasteiger partial charge in [-0.25, -0.2) is 4.98 Å². The van der Waals surface area contributed by atoms with Crippen LogP contribution in [0.5, 0.6) is 5.75 Å². The highest BCUT2D eigenvalue weighted by atomic mass is 16.6. The minimum absolute atomic E-state index is 0.0220. The van der Waals surface area contributed by atoms with Gasteiger partial charge >= 0.3 is 0 Å². The molecule has 21 heavy (non-hydrogen) atoms. The standard InChI is InChI=1S/C15H13N3O3/c1-21-13-7-11(6-12(8-13)18(19)20)9-17-10-16-14-4-2-3-5-15(14)17/h2-8,10H,9H2,1H3. The van der Waals surface area contributed by atoms with Gasteiger partial charge in [0.1, 0.15) is 5.75 Å². The van der Waals surface area contributed by atoms with Gasteiger partial charge in [-0.1, -0.05) is 12.1 Å². The summed E-state index contributed by atoms with van der Waals surface area (Å²) in [6.07, 6.45) is 1.73. The number of fused-ring (bicyclic) bond motifs is 1. The van der Waals surface area contributed by atoms with E-state index in [2.05, 4.69) is 4.98 Å². The van der Waals surface area contributed by atoms with E-state index in [9.17, 15) is 10.1 Å². The Morgan fingerprint density at radius 2 is 2.10 bits per heavy atom. The van der Waals surface area contributed by atoms with Crippen molar-refractivity contribution in [2.24, 2.45) is 0 Å². The highest BCUT2D eigenvalue weighted by Gasteiger charge is 2.11. The third-order valence-electron chi connectivity index (χ3n) is 3.28. The molecule has 0 aliphatic heterocycles. The van der Waals surface area contributed by atoms with E-state index < -0.39 is 4.92 Å². The molecule has 1 heterocycles. The van der Waals surface area contributed by atoms with Gasteiger partial charge in [0, 0.05) is 12.6 Å². The topological polar surface area (TPSA) is 70.2 Å². The number of ether oxygens (including phenoxy) is 1. The highest BCUT2D eigenvalue weighted by Crippen LogP contribution is 2.24. The molecule has 0 aliphatic carbocycles. The molecule has 0 atom stereocenters. The molecule has 3 aromatic rings. The molecule has 0 saturated carbocycles. The first-order valence-corrected chi connectivity index (χ1v) is 6.39. The van der Waals surface area contributed by atoms with Crippen LogP contribution in [0.1, 0.15) is 5.56 Å². The van der Waals surface area contributed by atoms with Crippen molar-refractivity contribution in [1.29, 1.82) is 0 Å². The predicted octanol–water partition coefficient (Wildman–Crippen LogP) is 3.00. The Hall–Kier alpha value is -2.89. The van der Waals surface area contributed by atoms with Crippen LogP contribution in [0.4, 0.5) is 5.69 Å². The number of nitrogens with zero attached hydrogens (tertiary/aromatic N) is 3. The van der Waals surface area contributed by atoms with Crippen molar-refractivity contribution in [3.63, 3.8) is 0 Å². The minimum atomic E-state index is -0.419. The Bertz CT molecular complexity index is 811. The predicted molar refractivity (Wildman–Crippen MR) is 78.5 cm³/mol. The molecule has 0 fully saturated rings. The van der Waals surface area contributed by atoms with Crippen LogP contribution in [-0.2, 0) is 6.54 Å². The Morgan fingerprint density at radius 1 is 1.29 bits per heavy atom. The fourth-order valence-electron chi connectivity index (χ4n) is 2.29. The molecule has 0 bridgehead atoms. The molecular formula is C15H13N3O3. The van der Waals surface area contributed by atoms with Crippen molar-refractivity contribution in [3.05, 3.63) is 64.5 Å². The quantitative estimate of drug-likeness (QED) is 0.545.